The highest BCUT2D eigenvalue weighted by Crippen LogP contribution is 2.17. The lowest BCUT2D eigenvalue weighted by molar-refractivity contribution is -0.138. The molecule has 2 aromatic carbocycles. The Morgan fingerprint density at radius 1 is 0.923 bits per heavy atom. The van der Waals surface area contributed by atoms with Crippen molar-refractivity contribution in [3.63, 3.8) is 0 Å². The average Bonchev–Trinajstić information content (AvgIpc) is 2.67. The average molecular weight is 372 g/mol. The van der Waals surface area contributed by atoms with Crippen LogP contribution in [0.4, 0.5) is 0 Å². The van der Waals surface area contributed by atoms with Crippen molar-refractivity contribution in [1.29, 1.82) is 0 Å². The Hall–Kier alpha value is -2.10. The van der Waals surface area contributed by atoms with Crippen LogP contribution in [0, 0.1) is 0 Å². The molecule has 0 saturated carbocycles. The number of carbonyl (C=O) groups is 1. The SMILES string of the molecule is Cl.O=C(/C=C\c1ccccc1)OCc1ccccc1CN1CCCCC1. The molecule has 0 bridgehead atoms. The molecule has 3 nitrogen and oxygen atoms in total. The van der Waals surface area contributed by atoms with Gasteiger partial charge in [0.25, 0.3) is 0 Å². The van der Waals surface area contributed by atoms with E-state index in [2.05, 4.69) is 17.0 Å². The van der Waals surface area contributed by atoms with Crippen LogP contribution in [0.5, 0.6) is 0 Å². The molecule has 0 N–H and O–H groups in total. The van der Waals surface area contributed by atoms with Gasteiger partial charge in [-0.2, -0.15) is 0 Å². The van der Waals surface area contributed by atoms with E-state index in [1.165, 1.54) is 30.9 Å². The van der Waals surface area contributed by atoms with E-state index in [1.54, 1.807) is 6.08 Å². The summed E-state index contributed by atoms with van der Waals surface area (Å²) >= 11 is 0. The second-order valence-electron chi connectivity index (χ2n) is 6.46. The molecule has 1 aliphatic heterocycles. The molecule has 0 spiro atoms. The summed E-state index contributed by atoms with van der Waals surface area (Å²) in [5.74, 6) is -0.309. The molecule has 1 fully saturated rings. The van der Waals surface area contributed by atoms with Gasteiger partial charge in [0.05, 0.1) is 0 Å². The molecule has 0 atom stereocenters. The van der Waals surface area contributed by atoms with Gasteiger partial charge < -0.3 is 4.74 Å². The lowest BCUT2D eigenvalue weighted by Crippen LogP contribution is -2.29. The third kappa shape index (κ3) is 6.32. The zero-order valence-corrected chi connectivity index (χ0v) is 15.8. The zero-order chi connectivity index (χ0) is 17.3. The van der Waals surface area contributed by atoms with E-state index in [4.69, 9.17) is 4.74 Å². The first kappa shape index (κ1) is 20.2. The number of rotatable bonds is 6. The molecule has 3 rings (SSSR count). The molecule has 1 saturated heterocycles. The molecule has 26 heavy (non-hydrogen) atoms. The summed E-state index contributed by atoms with van der Waals surface area (Å²) in [6.07, 6.45) is 7.16. The second kappa shape index (κ2) is 10.8. The maximum Gasteiger partial charge on any atom is 0.331 e. The van der Waals surface area contributed by atoms with Crippen molar-refractivity contribution in [1.82, 2.24) is 4.90 Å². The van der Waals surface area contributed by atoms with Crippen LogP contribution in [0.15, 0.2) is 60.7 Å². The van der Waals surface area contributed by atoms with Crippen LogP contribution in [0.25, 0.3) is 6.08 Å². The summed E-state index contributed by atoms with van der Waals surface area (Å²) in [5.41, 5.74) is 3.34. The van der Waals surface area contributed by atoms with Gasteiger partial charge in [0.2, 0.25) is 0 Å². The van der Waals surface area contributed by atoms with Crippen LogP contribution in [0.2, 0.25) is 0 Å². The van der Waals surface area contributed by atoms with Crippen molar-refractivity contribution < 1.29 is 9.53 Å². The number of carbonyl (C=O) groups excluding carboxylic acids is 1. The highest BCUT2D eigenvalue weighted by atomic mass is 35.5. The van der Waals surface area contributed by atoms with Crippen LogP contribution in [-0.4, -0.2) is 24.0 Å². The normalized spacial score (nSPS) is 14.8. The van der Waals surface area contributed by atoms with Crippen molar-refractivity contribution in [3.8, 4) is 0 Å². The number of nitrogens with zero attached hydrogens (tertiary/aromatic N) is 1. The van der Waals surface area contributed by atoms with Gasteiger partial charge in [0.15, 0.2) is 0 Å². The Kier molecular flexibility index (Phi) is 8.39. The summed E-state index contributed by atoms with van der Waals surface area (Å²) in [6, 6.07) is 18.0. The van der Waals surface area contributed by atoms with Gasteiger partial charge in [-0.1, -0.05) is 61.0 Å². The summed E-state index contributed by atoms with van der Waals surface area (Å²) in [4.78, 5) is 14.5. The van der Waals surface area contributed by atoms with E-state index in [-0.39, 0.29) is 18.4 Å². The van der Waals surface area contributed by atoms with Crippen LogP contribution in [0.3, 0.4) is 0 Å². The van der Waals surface area contributed by atoms with E-state index >= 15 is 0 Å². The quantitative estimate of drug-likeness (QED) is 0.537. The number of hydrogen-bond acceptors (Lipinski definition) is 3. The fourth-order valence-electron chi connectivity index (χ4n) is 3.14. The summed E-state index contributed by atoms with van der Waals surface area (Å²) in [5, 5.41) is 0. The highest BCUT2D eigenvalue weighted by molar-refractivity contribution is 5.87. The molecule has 2 aromatic rings. The van der Waals surface area contributed by atoms with Crippen LogP contribution in [-0.2, 0) is 22.7 Å². The Labute approximate surface area is 162 Å². The zero-order valence-electron chi connectivity index (χ0n) is 15.0. The predicted molar refractivity (Wildman–Crippen MR) is 108 cm³/mol. The van der Waals surface area contributed by atoms with Gasteiger partial charge in [0, 0.05) is 12.6 Å². The first-order valence-corrected chi connectivity index (χ1v) is 9.00. The minimum absolute atomic E-state index is 0. The molecule has 0 aliphatic carbocycles. The minimum Gasteiger partial charge on any atom is -0.458 e. The van der Waals surface area contributed by atoms with Crippen molar-refractivity contribution in [2.75, 3.05) is 13.1 Å². The van der Waals surface area contributed by atoms with Crippen LogP contribution >= 0.6 is 12.4 Å². The summed E-state index contributed by atoms with van der Waals surface area (Å²) < 4.78 is 5.44. The molecule has 0 radical (unpaired) electrons. The number of hydrogen-bond donors (Lipinski definition) is 0. The summed E-state index contributed by atoms with van der Waals surface area (Å²) in [7, 11) is 0. The smallest absolute Gasteiger partial charge is 0.331 e. The third-order valence-electron chi connectivity index (χ3n) is 4.54. The molecule has 1 aliphatic rings. The number of likely N-dealkylation sites (tertiary alicyclic amines) is 1. The number of piperidine rings is 1. The van der Waals surface area contributed by atoms with Crippen molar-refractivity contribution in [3.05, 3.63) is 77.4 Å². The maximum absolute atomic E-state index is 12.0. The van der Waals surface area contributed by atoms with Gasteiger partial charge in [0.1, 0.15) is 6.61 Å². The Balaban J connectivity index is 0.00000243. The van der Waals surface area contributed by atoms with Gasteiger partial charge >= 0.3 is 5.97 Å². The van der Waals surface area contributed by atoms with E-state index in [0.717, 1.165) is 30.8 Å². The lowest BCUT2D eigenvalue weighted by atomic mass is 10.1. The Morgan fingerprint density at radius 2 is 1.58 bits per heavy atom. The summed E-state index contributed by atoms with van der Waals surface area (Å²) in [6.45, 7) is 3.58. The fraction of sp³-hybridized carbons (Fsp3) is 0.318. The number of ether oxygens (including phenoxy) is 1. The highest BCUT2D eigenvalue weighted by Gasteiger charge is 2.12. The molecular weight excluding hydrogens is 346 g/mol. The van der Waals surface area contributed by atoms with Crippen LogP contribution < -0.4 is 0 Å². The monoisotopic (exact) mass is 371 g/mol. The van der Waals surface area contributed by atoms with E-state index < -0.39 is 0 Å². The first-order valence-electron chi connectivity index (χ1n) is 9.00. The molecule has 0 aromatic heterocycles. The van der Waals surface area contributed by atoms with E-state index in [9.17, 15) is 4.79 Å². The van der Waals surface area contributed by atoms with Crippen molar-refractivity contribution in [2.24, 2.45) is 0 Å². The molecule has 0 amide bonds. The largest absolute Gasteiger partial charge is 0.458 e. The first-order chi connectivity index (χ1) is 12.3. The molecule has 138 valence electrons. The van der Waals surface area contributed by atoms with Crippen molar-refractivity contribution in [2.45, 2.75) is 32.4 Å². The lowest BCUT2D eigenvalue weighted by Gasteiger charge is -2.27. The topological polar surface area (TPSA) is 29.5 Å². The number of esters is 1. The standard InChI is InChI=1S/C22H25NO2.ClH/c24-22(14-13-19-9-3-1-4-10-19)25-18-21-12-6-5-11-20(21)17-23-15-7-2-8-16-23;/h1,3-6,9-14H,2,7-8,15-18H2;1H/b14-13-;. The molecule has 0 unspecified atom stereocenters. The second-order valence-corrected chi connectivity index (χ2v) is 6.46. The van der Waals surface area contributed by atoms with Gasteiger partial charge in [-0.15, -0.1) is 12.4 Å². The molecule has 4 heteroatoms. The molecule has 1 heterocycles. The number of halogens is 1. The number of benzene rings is 2. The van der Waals surface area contributed by atoms with Crippen molar-refractivity contribution >= 4 is 24.5 Å². The minimum atomic E-state index is -0.309. The van der Waals surface area contributed by atoms with E-state index in [1.807, 2.05) is 42.5 Å². The van der Waals surface area contributed by atoms with Gasteiger partial charge in [-0.05, 0) is 48.7 Å². The van der Waals surface area contributed by atoms with Crippen LogP contribution in [0.1, 0.15) is 36.0 Å². The maximum atomic E-state index is 12.0. The van der Waals surface area contributed by atoms with E-state index in [0.29, 0.717) is 6.61 Å². The third-order valence-corrected chi connectivity index (χ3v) is 4.54. The fourth-order valence-corrected chi connectivity index (χ4v) is 3.14. The van der Waals surface area contributed by atoms with Gasteiger partial charge in [-0.25, -0.2) is 4.79 Å². The Morgan fingerprint density at radius 3 is 2.31 bits per heavy atom. The van der Waals surface area contributed by atoms with Gasteiger partial charge in [-0.3, -0.25) is 4.90 Å². The predicted octanol–water partition coefficient (Wildman–Crippen LogP) is 4.85. The Bertz CT molecular complexity index is 709. The molecular formula is C22H26ClNO2.